The molecule has 0 aliphatic rings. The maximum atomic E-state index is 12.7. The van der Waals surface area contributed by atoms with E-state index in [1.807, 2.05) is 0 Å². The van der Waals surface area contributed by atoms with Gasteiger partial charge in [0.15, 0.2) is 23.1 Å². The van der Waals surface area contributed by atoms with E-state index in [9.17, 15) is 35.5 Å². The van der Waals surface area contributed by atoms with Gasteiger partial charge in [-0.25, -0.2) is 16.8 Å². The minimum Gasteiger partial charge on any atom is -0.744 e. The van der Waals surface area contributed by atoms with E-state index in [4.69, 9.17) is 9.47 Å². The fourth-order valence-corrected chi connectivity index (χ4v) is 5.71. The van der Waals surface area contributed by atoms with Crippen molar-refractivity contribution in [1.29, 1.82) is 0 Å². The molecule has 0 amide bonds. The predicted molar refractivity (Wildman–Crippen MR) is 164 cm³/mol. The van der Waals surface area contributed by atoms with E-state index in [0.29, 0.717) is 39.4 Å². The van der Waals surface area contributed by atoms with Crippen LogP contribution < -0.4 is 112 Å². The summed E-state index contributed by atoms with van der Waals surface area (Å²) in [5, 5.41) is 0. The van der Waals surface area contributed by atoms with Crippen molar-refractivity contribution < 1.29 is 148 Å². The Bertz CT molecular complexity index is 2110. The summed E-state index contributed by atoms with van der Waals surface area (Å²) >= 11 is 0. The molecule has 48 heavy (non-hydrogen) atoms. The molecule has 234 valence electrons. The average molecular weight is 735 g/mol. The van der Waals surface area contributed by atoms with Crippen molar-refractivity contribution in [2.75, 3.05) is 0 Å². The molecule has 0 N–H and O–H groups in total. The number of ketones is 2. The molecule has 0 atom stereocenters. The van der Waals surface area contributed by atoms with Crippen LogP contribution in [0.2, 0.25) is 0 Å². The first-order valence-corrected chi connectivity index (χ1v) is 16.4. The van der Waals surface area contributed by atoms with Crippen molar-refractivity contribution >= 4 is 31.8 Å². The summed E-state index contributed by atoms with van der Waals surface area (Å²) in [5.74, 6) is -1.50. The first kappa shape index (κ1) is 40.6. The Morgan fingerprint density at radius 3 is 1.31 bits per heavy atom. The van der Waals surface area contributed by atoms with Crippen molar-refractivity contribution in [3.05, 3.63) is 155 Å². The normalized spacial score (nSPS) is 11.0. The van der Waals surface area contributed by atoms with Crippen LogP contribution in [0.5, 0.6) is 11.5 Å². The van der Waals surface area contributed by atoms with Crippen LogP contribution in [0.15, 0.2) is 131 Å². The summed E-state index contributed by atoms with van der Waals surface area (Å²) < 4.78 is 83.4. The summed E-state index contributed by atoms with van der Waals surface area (Å²) in [5.41, 5.74) is 2.75. The number of ether oxygens (including phenoxy) is 2. The fraction of sp³-hybridized carbons (Fsp3) is 0.0588. The number of carbonyl (C=O) groups excluding carboxylic acids is 2. The molecule has 0 aromatic heterocycles. The van der Waals surface area contributed by atoms with Gasteiger partial charge in [-0.2, -0.15) is 0 Å². The second-order valence-electron chi connectivity index (χ2n) is 10.0. The van der Waals surface area contributed by atoms with Gasteiger partial charge in [-0.05, 0) is 17.2 Å². The molecule has 5 aromatic rings. The van der Waals surface area contributed by atoms with Crippen LogP contribution in [0, 0.1) is 0 Å². The van der Waals surface area contributed by atoms with Crippen LogP contribution in [0.3, 0.4) is 0 Å². The van der Waals surface area contributed by atoms with Crippen LogP contribution in [0.1, 0.15) is 43.0 Å². The third kappa shape index (κ3) is 10.6. The van der Waals surface area contributed by atoms with Crippen molar-refractivity contribution in [2.24, 2.45) is 0 Å². The number of hydrogen-bond acceptors (Lipinski definition) is 10. The topological polar surface area (TPSA) is 167 Å². The van der Waals surface area contributed by atoms with Gasteiger partial charge in [0.2, 0.25) is 0 Å². The largest absolute Gasteiger partial charge is 1.00 e. The zero-order valence-electron chi connectivity index (χ0n) is 25.9. The summed E-state index contributed by atoms with van der Waals surface area (Å²) in [7, 11) is -10.6. The van der Waals surface area contributed by atoms with Gasteiger partial charge < -0.3 is 18.6 Å². The SMILES string of the molecule is O=C(c1ccccc1)c1ccc(COc2cc(S(=O)(=O)[O-])cc(S(=O)(=O)[O-])c2OCc2ccc(C(=O)c3ccccc3)cc2)cc1.[K+].[K+]. The van der Waals surface area contributed by atoms with Gasteiger partial charge in [-0.3, -0.25) is 9.59 Å². The minimum atomic E-state index is -5.36. The molecule has 5 rings (SSSR count). The summed E-state index contributed by atoms with van der Waals surface area (Å²) in [6, 6.07) is 31.0. The van der Waals surface area contributed by atoms with E-state index in [1.54, 1.807) is 109 Å². The van der Waals surface area contributed by atoms with Gasteiger partial charge in [0.05, 0.1) is 4.90 Å². The fourth-order valence-electron chi connectivity index (χ4n) is 4.47. The summed E-state index contributed by atoms with van der Waals surface area (Å²) in [6.45, 7) is -0.578. The maximum Gasteiger partial charge on any atom is 1.00 e. The van der Waals surface area contributed by atoms with Crippen LogP contribution in [0.25, 0.3) is 0 Å². The Balaban J connectivity index is 0.00000312. The van der Waals surface area contributed by atoms with Crippen LogP contribution in [-0.2, 0) is 33.5 Å². The van der Waals surface area contributed by atoms with Gasteiger partial charge >= 0.3 is 103 Å². The van der Waals surface area contributed by atoms with Gasteiger partial charge in [0, 0.05) is 28.3 Å². The first-order chi connectivity index (χ1) is 21.9. The third-order valence-electron chi connectivity index (χ3n) is 6.83. The maximum absolute atomic E-state index is 12.7. The molecule has 0 unspecified atom stereocenters. The van der Waals surface area contributed by atoms with E-state index >= 15 is 0 Å². The van der Waals surface area contributed by atoms with E-state index in [0.717, 1.165) is 6.07 Å². The van der Waals surface area contributed by atoms with E-state index in [1.165, 1.54) is 0 Å². The average Bonchev–Trinajstić information content (AvgIpc) is 3.06. The molecular formula is C34H24K2O10S2. The molecule has 10 nitrogen and oxygen atoms in total. The van der Waals surface area contributed by atoms with Crippen molar-refractivity contribution in [1.82, 2.24) is 0 Å². The Labute approximate surface area is 363 Å². The third-order valence-corrected chi connectivity index (χ3v) is 8.49. The van der Waals surface area contributed by atoms with E-state index < -0.39 is 41.5 Å². The molecule has 14 heteroatoms. The first-order valence-electron chi connectivity index (χ1n) is 13.6. The van der Waals surface area contributed by atoms with Gasteiger partial charge in [-0.1, -0.05) is 109 Å². The van der Waals surface area contributed by atoms with Gasteiger partial charge in [0.25, 0.3) is 0 Å². The van der Waals surface area contributed by atoms with Gasteiger partial charge in [0.1, 0.15) is 38.3 Å². The van der Waals surface area contributed by atoms with Crippen molar-refractivity contribution in [3.8, 4) is 11.5 Å². The Kier molecular flexibility index (Phi) is 15.1. The Morgan fingerprint density at radius 1 is 0.521 bits per heavy atom. The molecule has 0 saturated heterocycles. The molecule has 0 aliphatic carbocycles. The smallest absolute Gasteiger partial charge is 0.744 e. The zero-order chi connectivity index (χ0) is 32.9. The number of rotatable bonds is 12. The van der Waals surface area contributed by atoms with Crippen LogP contribution in [-0.4, -0.2) is 37.5 Å². The van der Waals surface area contributed by atoms with Crippen molar-refractivity contribution in [3.63, 3.8) is 0 Å². The van der Waals surface area contributed by atoms with Gasteiger partial charge in [-0.15, -0.1) is 0 Å². The van der Waals surface area contributed by atoms with E-state index in [2.05, 4.69) is 0 Å². The molecule has 0 fully saturated rings. The molecule has 0 aliphatic heterocycles. The Hall–Kier alpha value is -1.87. The molecule has 5 aromatic carbocycles. The van der Waals surface area contributed by atoms with Crippen molar-refractivity contribution in [2.45, 2.75) is 23.0 Å². The molecule has 0 saturated carbocycles. The predicted octanol–water partition coefficient (Wildman–Crippen LogP) is -0.877. The number of hydrogen-bond donors (Lipinski definition) is 0. The number of carbonyl (C=O) groups is 2. The summed E-state index contributed by atoms with van der Waals surface area (Å²) in [4.78, 5) is 23.3. The van der Waals surface area contributed by atoms with E-state index in [-0.39, 0.29) is 128 Å². The standard InChI is InChI=1S/C34H26O10S2.2K/c35-32(25-7-3-1-4-8-25)27-15-11-23(12-16-27)21-43-30-19-29(45(37,38)39)20-31(46(40,41)42)34(30)44-22-24-13-17-28(18-14-24)33(36)26-9-5-2-6-10-26;;/h1-20H,21-22H2,(H,37,38,39)(H,40,41,42);;/q;2*+1/p-2. The molecular weight excluding hydrogens is 711 g/mol. The van der Waals surface area contributed by atoms with Crippen LogP contribution in [0.4, 0.5) is 0 Å². The molecule has 0 radical (unpaired) electrons. The zero-order valence-corrected chi connectivity index (χ0v) is 33.7. The molecule has 0 heterocycles. The minimum absolute atomic E-state index is 0. The monoisotopic (exact) mass is 734 g/mol. The second kappa shape index (κ2) is 17.9. The number of benzene rings is 5. The van der Waals surface area contributed by atoms with Crippen LogP contribution >= 0.6 is 0 Å². The Morgan fingerprint density at radius 2 is 0.917 bits per heavy atom. The second-order valence-corrected chi connectivity index (χ2v) is 12.7. The molecule has 0 spiro atoms. The quantitative estimate of drug-likeness (QED) is 0.0893. The molecule has 0 bridgehead atoms. The summed E-state index contributed by atoms with van der Waals surface area (Å²) in [6.07, 6.45) is 0.